The molecule has 25 heavy (non-hydrogen) atoms. The molecule has 0 bridgehead atoms. The summed E-state index contributed by atoms with van der Waals surface area (Å²) in [6.07, 6.45) is 5.17. The van der Waals surface area contributed by atoms with Crippen LogP contribution in [0.25, 0.3) is 6.20 Å². The van der Waals surface area contributed by atoms with Gasteiger partial charge in [-0.3, -0.25) is 0 Å². The highest BCUT2D eigenvalue weighted by molar-refractivity contribution is 5.44. The van der Waals surface area contributed by atoms with E-state index in [0.29, 0.717) is 5.92 Å². The Morgan fingerprint density at radius 1 is 1.16 bits per heavy atom. The molecule has 0 aliphatic carbocycles. The lowest BCUT2D eigenvalue weighted by atomic mass is 9.90. The summed E-state index contributed by atoms with van der Waals surface area (Å²) in [5, 5.41) is 1.17. The molecule has 0 N–H and O–H groups in total. The highest BCUT2D eigenvalue weighted by Gasteiger charge is 2.33. The van der Waals surface area contributed by atoms with E-state index in [9.17, 15) is 0 Å². The number of rotatable bonds is 3. The van der Waals surface area contributed by atoms with E-state index >= 15 is 0 Å². The SMILES string of the molecule is Cc1cc(C)c(C)c(C2(C)N=c3nccc(CC(C)C)c3=CN2C)c1. The number of pyridine rings is 1. The fourth-order valence-electron chi connectivity index (χ4n) is 3.73. The summed E-state index contributed by atoms with van der Waals surface area (Å²) >= 11 is 0. The van der Waals surface area contributed by atoms with Crippen molar-refractivity contribution in [1.82, 2.24) is 9.88 Å². The molecule has 3 heteroatoms. The van der Waals surface area contributed by atoms with Crippen LogP contribution in [0.1, 0.15) is 48.6 Å². The number of hydrogen-bond acceptors (Lipinski definition) is 3. The third kappa shape index (κ3) is 3.08. The Kier molecular flexibility index (Phi) is 4.44. The molecule has 0 fully saturated rings. The highest BCUT2D eigenvalue weighted by atomic mass is 15.3. The van der Waals surface area contributed by atoms with Gasteiger partial charge in [-0.1, -0.05) is 31.5 Å². The highest BCUT2D eigenvalue weighted by Crippen LogP contribution is 2.34. The van der Waals surface area contributed by atoms with Crippen LogP contribution in [-0.2, 0) is 12.1 Å². The van der Waals surface area contributed by atoms with Gasteiger partial charge in [0.25, 0.3) is 0 Å². The first-order valence-electron chi connectivity index (χ1n) is 9.09. The lowest BCUT2D eigenvalue weighted by molar-refractivity contribution is 0.222. The van der Waals surface area contributed by atoms with Gasteiger partial charge in [0.2, 0.25) is 0 Å². The fraction of sp³-hybridized carbons (Fsp3) is 0.455. The number of hydrogen-bond donors (Lipinski definition) is 0. The zero-order valence-corrected chi connectivity index (χ0v) is 16.5. The minimum atomic E-state index is -0.433. The fourth-order valence-corrected chi connectivity index (χ4v) is 3.73. The maximum atomic E-state index is 5.12. The monoisotopic (exact) mass is 335 g/mol. The van der Waals surface area contributed by atoms with Crippen LogP contribution < -0.4 is 10.7 Å². The predicted molar refractivity (Wildman–Crippen MR) is 104 cm³/mol. The van der Waals surface area contributed by atoms with Gasteiger partial charge in [0.15, 0.2) is 11.2 Å². The first-order valence-corrected chi connectivity index (χ1v) is 9.09. The Bertz CT molecular complexity index is 927. The maximum Gasteiger partial charge on any atom is 0.158 e. The Labute approximate surface area is 151 Å². The van der Waals surface area contributed by atoms with Crippen molar-refractivity contribution in [3.8, 4) is 0 Å². The lowest BCUT2D eigenvalue weighted by Gasteiger charge is -2.38. The first-order chi connectivity index (χ1) is 11.7. The zero-order valence-electron chi connectivity index (χ0n) is 16.5. The van der Waals surface area contributed by atoms with Gasteiger partial charge >= 0.3 is 0 Å². The quantitative estimate of drug-likeness (QED) is 0.860. The molecule has 2 aromatic rings. The van der Waals surface area contributed by atoms with E-state index in [2.05, 4.69) is 82.9 Å². The van der Waals surface area contributed by atoms with Gasteiger partial charge in [-0.15, -0.1) is 0 Å². The molecule has 1 aliphatic rings. The van der Waals surface area contributed by atoms with Crippen LogP contribution in [0.15, 0.2) is 29.4 Å². The van der Waals surface area contributed by atoms with E-state index in [1.54, 1.807) is 0 Å². The molecule has 1 aliphatic heterocycles. The molecule has 0 spiro atoms. The van der Waals surface area contributed by atoms with Crippen LogP contribution in [0, 0.1) is 26.7 Å². The molecule has 1 atom stereocenters. The molecule has 3 rings (SSSR count). The second kappa shape index (κ2) is 6.29. The van der Waals surface area contributed by atoms with Crippen molar-refractivity contribution in [2.45, 2.75) is 53.6 Å². The third-order valence-electron chi connectivity index (χ3n) is 5.34. The normalized spacial score (nSPS) is 19.4. The van der Waals surface area contributed by atoms with Crippen LogP contribution in [0.5, 0.6) is 0 Å². The van der Waals surface area contributed by atoms with Crippen LogP contribution in [0.4, 0.5) is 0 Å². The molecule has 2 heterocycles. The van der Waals surface area contributed by atoms with Gasteiger partial charge in [-0.2, -0.15) is 0 Å². The molecular weight excluding hydrogens is 306 g/mol. The van der Waals surface area contributed by atoms with E-state index in [1.807, 2.05) is 6.20 Å². The number of nitrogens with zero attached hydrogens (tertiary/aromatic N) is 3. The van der Waals surface area contributed by atoms with Gasteiger partial charge in [0, 0.05) is 30.2 Å². The smallest absolute Gasteiger partial charge is 0.158 e. The average molecular weight is 335 g/mol. The summed E-state index contributed by atoms with van der Waals surface area (Å²) in [6, 6.07) is 6.63. The summed E-state index contributed by atoms with van der Waals surface area (Å²) in [4.78, 5) is 12.0. The molecule has 0 saturated heterocycles. The van der Waals surface area contributed by atoms with Gasteiger partial charge < -0.3 is 4.90 Å². The zero-order chi connectivity index (χ0) is 18.4. The Balaban J connectivity index is 2.23. The average Bonchev–Trinajstić information content (AvgIpc) is 2.52. The number of benzene rings is 1. The molecular formula is C22H29N3. The van der Waals surface area contributed by atoms with E-state index in [-0.39, 0.29) is 0 Å². The number of fused-ring (bicyclic) bond motifs is 1. The molecule has 3 nitrogen and oxygen atoms in total. The molecule has 1 aromatic heterocycles. The maximum absolute atomic E-state index is 5.12. The Morgan fingerprint density at radius 3 is 2.56 bits per heavy atom. The van der Waals surface area contributed by atoms with Crippen molar-refractivity contribution in [1.29, 1.82) is 0 Å². The third-order valence-corrected chi connectivity index (χ3v) is 5.34. The van der Waals surface area contributed by atoms with Crippen molar-refractivity contribution in [2.75, 3.05) is 7.05 Å². The van der Waals surface area contributed by atoms with Crippen molar-refractivity contribution >= 4 is 6.20 Å². The van der Waals surface area contributed by atoms with E-state index in [1.165, 1.54) is 33.0 Å². The molecule has 132 valence electrons. The van der Waals surface area contributed by atoms with Crippen LogP contribution in [-0.4, -0.2) is 16.9 Å². The Morgan fingerprint density at radius 2 is 1.88 bits per heavy atom. The molecule has 1 aromatic carbocycles. The van der Waals surface area contributed by atoms with Crippen LogP contribution in [0.3, 0.4) is 0 Å². The second-order valence-electron chi connectivity index (χ2n) is 7.93. The molecule has 0 amide bonds. The van der Waals surface area contributed by atoms with Crippen LogP contribution >= 0.6 is 0 Å². The summed E-state index contributed by atoms with van der Waals surface area (Å²) < 4.78 is 0. The molecule has 1 unspecified atom stereocenters. The first kappa shape index (κ1) is 17.7. The van der Waals surface area contributed by atoms with E-state index < -0.39 is 5.66 Å². The van der Waals surface area contributed by atoms with Gasteiger partial charge in [0.05, 0.1) is 0 Å². The van der Waals surface area contributed by atoms with Crippen molar-refractivity contribution in [2.24, 2.45) is 10.9 Å². The Hall–Kier alpha value is -2.16. The second-order valence-corrected chi connectivity index (χ2v) is 7.93. The van der Waals surface area contributed by atoms with E-state index in [0.717, 1.165) is 11.9 Å². The number of aryl methyl sites for hydroxylation is 2. The summed E-state index contributed by atoms with van der Waals surface area (Å²) in [7, 11) is 2.12. The van der Waals surface area contributed by atoms with E-state index in [4.69, 9.17) is 4.99 Å². The predicted octanol–water partition coefficient (Wildman–Crippen LogP) is 3.38. The topological polar surface area (TPSA) is 28.5 Å². The summed E-state index contributed by atoms with van der Waals surface area (Å²) in [6.45, 7) is 13.2. The van der Waals surface area contributed by atoms with Crippen molar-refractivity contribution in [3.63, 3.8) is 0 Å². The summed E-state index contributed by atoms with van der Waals surface area (Å²) in [5.74, 6) is 0.611. The van der Waals surface area contributed by atoms with Crippen LogP contribution in [0.2, 0.25) is 0 Å². The van der Waals surface area contributed by atoms with Crippen molar-refractivity contribution in [3.05, 3.63) is 62.9 Å². The molecule has 0 radical (unpaired) electrons. The largest absolute Gasteiger partial charge is 0.352 e. The van der Waals surface area contributed by atoms with Gasteiger partial charge in [-0.05, 0) is 62.8 Å². The number of aromatic nitrogens is 1. The molecule has 0 saturated carbocycles. The van der Waals surface area contributed by atoms with Crippen molar-refractivity contribution < 1.29 is 0 Å². The lowest BCUT2D eigenvalue weighted by Crippen LogP contribution is -2.48. The van der Waals surface area contributed by atoms with Gasteiger partial charge in [0.1, 0.15) is 0 Å². The minimum absolute atomic E-state index is 0.433. The standard InChI is InChI=1S/C22H29N3/c1-14(2)10-18-8-9-23-21-19(18)13-25(7)22(6,24-21)20-12-15(3)11-16(4)17(20)5/h8-9,11-14H,10H2,1-7H3. The van der Waals surface area contributed by atoms with Gasteiger partial charge in [-0.25, -0.2) is 9.98 Å². The summed E-state index contributed by atoms with van der Waals surface area (Å²) in [5.41, 5.74) is 6.90. The minimum Gasteiger partial charge on any atom is -0.352 e.